The zero-order valence-electron chi connectivity index (χ0n) is 19.3. The summed E-state index contributed by atoms with van der Waals surface area (Å²) in [5.41, 5.74) is 5.24. The fourth-order valence-electron chi connectivity index (χ4n) is 4.06. The molecule has 2 aromatic heterocycles. The van der Waals surface area contributed by atoms with E-state index in [2.05, 4.69) is 72.4 Å². The van der Waals surface area contributed by atoms with Gasteiger partial charge in [0.15, 0.2) is 0 Å². The van der Waals surface area contributed by atoms with Crippen molar-refractivity contribution < 1.29 is 9.84 Å². The van der Waals surface area contributed by atoms with Gasteiger partial charge in [-0.05, 0) is 40.8 Å². The third kappa shape index (κ3) is 5.65. The first kappa shape index (κ1) is 22.7. The van der Waals surface area contributed by atoms with E-state index >= 15 is 0 Å². The van der Waals surface area contributed by atoms with Crippen LogP contribution in [-0.2, 0) is 13.2 Å². The highest BCUT2D eigenvalue weighted by Crippen LogP contribution is 2.41. The number of rotatable bonds is 8. The Morgan fingerprint density at radius 2 is 1.64 bits per heavy atom. The van der Waals surface area contributed by atoms with Crippen molar-refractivity contribution in [1.29, 1.82) is 0 Å². The van der Waals surface area contributed by atoms with E-state index in [0.29, 0.717) is 13.2 Å². The van der Waals surface area contributed by atoms with Gasteiger partial charge in [0, 0.05) is 17.7 Å². The van der Waals surface area contributed by atoms with Gasteiger partial charge < -0.3 is 9.84 Å². The first-order valence-electron chi connectivity index (χ1n) is 11.2. The molecule has 1 atom stereocenters. The Hall–Kier alpha value is -3.51. The predicted molar refractivity (Wildman–Crippen MR) is 129 cm³/mol. The van der Waals surface area contributed by atoms with Crippen molar-refractivity contribution in [3.63, 3.8) is 0 Å². The van der Waals surface area contributed by atoms with Gasteiger partial charge in [0.1, 0.15) is 18.1 Å². The molecule has 0 radical (unpaired) electrons. The van der Waals surface area contributed by atoms with Gasteiger partial charge >= 0.3 is 0 Å². The number of aliphatic hydroxyl groups is 1. The molecule has 0 fully saturated rings. The Bertz CT molecular complexity index is 1150. The normalized spacial score (nSPS) is 12.5. The van der Waals surface area contributed by atoms with E-state index in [4.69, 9.17) is 9.84 Å². The summed E-state index contributed by atoms with van der Waals surface area (Å²) >= 11 is 0. The maximum absolute atomic E-state index is 9.07. The highest BCUT2D eigenvalue weighted by molar-refractivity contribution is 5.58. The van der Waals surface area contributed by atoms with E-state index in [-0.39, 0.29) is 17.9 Å². The van der Waals surface area contributed by atoms with Crippen LogP contribution in [0, 0.1) is 5.41 Å². The first-order chi connectivity index (χ1) is 15.9. The smallest absolute Gasteiger partial charge is 0.130 e. The number of hydrogen-bond donors (Lipinski definition) is 1. The van der Waals surface area contributed by atoms with Crippen LogP contribution in [0.4, 0.5) is 0 Å². The summed E-state index contributed by atoms with van der Waals surface area (Å²) in [4.78, 5) is 5.82. The number of ether oxygens (including phenoxy) is 1. The van der Waals surface area contributed by atoms with Gasteiger partial charge in [-0.1, -0.05) is 63.2 Å². The maximum atomic E-state index is 9.07. The van der Waals surface area contributed by atoms with Gasteiger partial charge in [-0.2, -0.15) is 15.0 Å². The molecule has 4 rings (SSSR count). The van der Waals surface area contributed by atoms with Gasteiger partial charge in [-0.15, -0.1) is 0 Å². The summed E-state index contributed by atoms with van der Waals surface area (Å²) in [7, 11) is 0. The van der Waals surface area contributed by atoms with Crippen LogP contribution in [0.2, 0.25) is 0 Å². The minimum Gasteiger partial charge on any atom is -0.487 e. The Morgan fingerprint density at radius 1 is 0.939 bits per heavy atom. The molecule has 0 spiro atoms. The average molecular weight is 443 g/mol. The molecule has 0 aliphatic heterocycles. The minimum absolute atomic E-state index is 0.0211. The van der Waals surface area contributed by atoms with Gasteiger partial charge in [0.05, 0.1) is 25.0 Å². The second-order valence-electron chi connectivity index (χ2n) is 9.15. The molecular weight excluding hydrogens is 412 g/mol. The molecule has 1 unspecified atom stereocenters. The predicted octanol–water partition coefficient (Wildman–Crippen LogP) is 5.09. The summed E-state index contributed by atoms with van der Waals surface area (Å²) in [5, 5.41) is 17.7. The lowest BCUT2D eigenvalue weighted by atomic mass is 9.72. The van der Waals surface area contributed by atoms with E-state index in [0.717, 1.165) is 22.7 Å². The molecule has 1 N–H and O–H groups in total. The second-order valence-corrected chi connectivity index (χ2v) is 9.15. The maximum Gasteiger partial charge on any atom is 0.130 e. The van der Waals surface area contributed by atoms with Crippen LogP contribution in [0.15, 0.2) is 79.1 Å². The van der Waals surface area contributed by atoms with Crippen molar-refractivity contribution in [2.45, 2.75) is 39.8 Å². The topological polar surface area (TPSA) is 73.1 Å². The number of pyridine rings is 1. The molecule has 2 heterocycles. The largest absolute Gasteiger partial charge is 0.487 e. The van der Waals surface area contributed by atoms with Crippen LogP contribution >= 0.6 is 0 Å². The van der Waals surface area contributed by atoms with E-state index in [1.54, 1.807) is 12.4 Å². The number of benzene rings is 2. The molecular formula is C27H30N4O2. The first-order valence-corrected chi connectivity index (χ1v) is 11.2. The van der Waals surface area contributed by atoms with E-state index < -0.39 is 0 Å². The van der Waals surface area contributed by atoms with Crippen molar-refractivity contribution in [2.75, 3.05) is 6.61 Å². The number of nitrogens with zero attached hydrogens (tertiary/aromatic N) is 4. The third-order valence-corrected chi connectivity index (χ3v) is 5.57. The summed E-state index contributed by atoms with van der Waals surface area (Å²) < 4.78 is 5.91. The molecule has 0 bridgehead atoms. The lowest BCUT2D eigenvalue weighted by molar-refractivity contribution is 0.260. The number of aliphatic hydroxyl groups excluding tert-OH is 1. The van der Waals surface area contributed by atoms with Crippen LogP contribution in [0.5, 0.6) is 5.75 Å². The van der Waals surface area contributed by atoms with Crippen molar-refractivity contribution in [3.8, 4) is 17.0 Å². The van der Waals surface area contributed by atoms with Gasteiger partial charge in [0.2, 0.25) is 0 Å². The average Bonchev–Trinajstić information content (AvgIpc) is 3.28. The SMILES string of the molecule is CC(C)(C)C(c1ccc(OCc2ccccn2)cc1)c1ccc(-c2cnn(CCO)n2)cc1. The molecule has 0 saturated carbocycles. The van der Waals surface area contributed by atoms with E-state index in [1.165, 1.54) is 15.9 Å². The second kappa shape index (κ2) is 9.96. The highest BCUT2D eigenvalue weighted by Gasteiger charge is 2.28. The molecule has 170 valence electrons. The summed E-state index contributed by atoms with van der Waals surface area (Å²) in [6.45, 7) is 7.65. The molecule has 0 amide bonds. The van der Waals surface area contributed by atoms with Crippen LogP contribution in [0.1, 0.15) is 43.5 Å². The fraction of sp³-hybridized carbons (Fsp3) is 0.296. The van der Waals surface area contributed by atoms with E-state index in [9.17, 15) is 0 Å². The molecule has 4 aromatic rings. The summed E-state index contributed by atoms with van der Waals surface area (Å²) in [6, 6.07) is 22.7. The quantitative estimate of drug-likeness (QED) is 0.411. The Morgan fingerprint density at radius 3 is 2.24 bits per heavy atom. The molecule has 0 saturated heterocycles. The zero-order chi connectivity index (χ0) is 23.3. The molecule has 6 nitrogen and oxygen atoms in total. The Balaban J connectivity index is 1.52. The van der Waals surface area contributed by atoms with Crippen molar-refractivity contribution in [3.05, 3.63) is 95.9 Å². The van der Waals surface area contributed by atoms with Gasteiger partial charge in [-0.25, -0.2) is 0 Å². The van der Waals surface area contributed by atoms with Crippen LogP contribution in [-0.4, -0.2) is 31.7 Å². The molecule has 33 heavy (non-hydrogen) atoms. The van der Waals surface area contributed by atoms with Crippen molar-refractivity contribution in [1.82, 2.24) is 20.0 Å². The van der Waals surface area contributed by atoms with Crippen LogP contribution in [0.3, 0.4) is 0 Å². The van der Waals surface area contributed by atoms with Gasteiger partial charge in [-0.3, -0.25) is 4.98 Å². The van der Waals surface area contributed by atoms with Gasteiger partial charge in [0.25, 0.3) is 0 Å². The van der Waals surface area contributed by atoms with Crippen LogP contribution in [0.25, 0.3) is 11.3 Å². The number of aromatic nitrogens is 4. The Labute approximate surface area is 194 Å². The highest BCUT2D eigenvalue weighted by atomic mass is 16.5. The molecule has 6 heteroatoms. The molecule has 0 aliphatic carbocycles. The zero-order valence-corrected chi connectivity index (χ0v) is 19.3. The van der Waals surface area contributed by atoms with Crippen molar-refractivity contribution >= 4 is 0 Å². The summed E-state index contributed by atoms with van der Waals surface area (Å²) in [5.74, 6) is 1.06. The number of hydrogen-bond acceptors (Lipinski definition) is 5. The summed E-state index contributed by atoms with van der Waals surface area (Å²) in [6.07, 6.45) is 3.51. The fourth-order valence-corrected chi connectivity index (χ4v) is 4.06. The minimum atomic E-state index is 0.0211. The monoisotopic (exact) mass is 442 g/mol. The lowest BCUT2D eigenvalue weighted by Gasteiger charge is -2.32. The van der Waals surface area contributed by atoms with E-state index in [1.807, 2.05) is 30.3 Å². The lowest BCUT2D eigenvalue weighted by Crippen LogP contribution is -2.19. The molecule has 0 aliphatic rings. The Kier molecular flexibility index (Phi) is 6.84. The van der Waals surface area contributed by atoms with Crippen molar-refractivity contribution in [2.24, 2.45) is 5.41 Å². The standard InChI is InChI=1S/C27H30N4O2/c1-27(2,3)26(21-9-7-20(8-10-21)25-18-29-31(30-25)16-17-32)22-11-13-24(14-12-22)33-19-23-6-4-5-15-28-23/h4-15,18,26,32H,16-17,19H2,1-3H3. The van der Waals surface area contributed by atoms with Crippen LogP contribution < -0.4 is 4.74 Å². The third-order valence-electron chi connectivity index (χ3n) is 5.57. The molecule has 2 aromatic carbocycles.